The number of benzene rings is 1. The molecular formula is C13H12BrClN2O3S. The number of nitrogens with one attached hydrogen (secondary N) is 1. The molecule has 0 aliphatic carbocycles. The Morgan fingerprint density at radius 3 is 2.81 bits per heavy atom. The Hall–Kier alpha value is -1.31. The molecule has 8 heteroatoms. The van der Waals surface area contributed by atoms with Crippen LogP contribution in [0.5, 0.6) is 5.75 Å². The van der Waals surface area contributed by atoms with E-state index in [1.54, 1.807) is 0 Å². The summed E-state index contributed by atoms with van der Waals surface area (Å²) in [6.07, 6.45) is 0. The quantitative estimate of drug-likeness (QED) is 0.599. The van der Waals surface area contributed by atoms with Crippen molar-refractivity contribution in [2.24, 2.45) is 0 Å². The van der Waals surface area contributed by atoms with Crippen molar-refractivity contribution in [2.45, 2.75) is 0 Å². The highest BCUT2D eigenvalue weighted by molar-refractivity contribution is 9.10. The highest BCUT2D eigenvalue weighted by Crippen LogP contribution is 2.27. The van der Waals surface area contributed by atoms with Gasteiger partial charge < -0.3 is 14.8 Å². The van der Waals surface area contributed by atoms with E-state index in [4.69, 9.17) is 16.3 Å². The predicted molar refractivity (Wildman–Crippen MR) is 86.6 cm³/mol. The van der Waals surface area contributed by atoms with Gasteiger partial charge in [-0.3, -0.25) is 0 Å². The van der Waals surface area contributed by atoms with Crippen LogP contribution in [0.15, 0.2) is 28.7 Å². The number of carbonyl (C=O) groups excluding carboxylic acids is 1. The Kier molecular flexibility index (Phi) is 5.84. The lowest BCUT2D eigenvalue weighted by Gasteiger charge is -2.06. The second kappa shape index (κ2) is 7.63. The van der Waals surface area contributed by atoms with Gasteiger partial charge in [-0.2, -0.15) is 0 Å². The first-order chi connectivity index (χ1) is 10.1. The van der Waals surface area contributed by atoms with Gasteiger partial charge in [-0.25, -0.2) is 9.78 Å². The van der Waals surface area contributed by atoms with E-state index in [-0.39, 0.29) is 10.0 Å². The maximum atomic E-state index is 11.4. The van der Waals surface area contributed by atoms with Crippen LogP contribution in [-0.2, 0) is 4.74 Å². The molecular weight excluding hydrogens is 380 g/mol. The highest BCUT2D eigenvalue weighted by Gasteiger charge is 2.16. The predicted octanol–water partition coefficient (Wildman–Crippen LogP) is 3.84. The van der Waals surface area contributed by atoms with E-state index < -0.39 is 5.97 Å². The zero-order valence-electron chi connectivity index (χ0n) is 11.1. The molecule has 1 N–H and O–H groups in total. The smallest absolute Gasteiger partial charge is 0.351 e. The molecule has 1 heterocycles. The van der Waals surface area contributed by atoms with Crippen molar-refractivity contribution in [2.75, 3.05) is 25.6 Å². The number of esters is 1. The number of hydrogen-bond acceptors (Lipinski definition) is 6. The Morgan fingerprint density at radius 2 is 2.14 bits per heavy atom. The van der Waals surface area contributed by atoms with Crippen LogP contribution < -0.4 is 10.1 Å². The van der Waals surface area contributed by atoms with Crippen molar-refractivity contribution in [3.8, 4) is 5.75 Å². The van der Waals surface area contributed by atoms with Crippen molar-refractivity contribution in [3.63, 3.8) is 0 Å². The van der Waals surface area contributed by atoms with Gasteiger partial charge in [0.05, 0.1) is 13.7 Å². The third-order valence-electron chi connectivity index (χ3n) is 2.42. The molecule has 2 aromatic rings. The lowest BCUT2D eigenvalue weighted by atomic mass is 10.3. The minimum atomic E-state index is -0.489. The van der Waals surface area contributed by atoms with Crippen LogP contribution in [0.25, 0.3) is 0 Å². The summed E-state index contributed by atoms with van der Waals surface area (Å²) >= 11 is 10.4. The molecule has 0 spiro atoms. The van der Waals surface area contributed by atoms with Gasteiger partial charge in [-0.15, -0.1) is 0 Å². The van der Waals surface area contributed by atoms with E-state index in [1.165, 1.54) is 7.11 Å². The topological polar surface area (TPSA) is 60.5 Å². The van der Waals surface area contributed by atoms with Gasteiger partial charge in [0.1, 0.15) is 12.4 Å². The van der Waals surface area contributed by atoms with E-state index in [0.717, 1.165) is 21.6 Å². The minimum Gasteiger partial charge on any atom is -0.492 e. The first-order valence-corrected chi connectivity index (χ1v) is 7.96. The summed E-state index contributed by atoms with van der Waals surface area (Å²) in [7, 11) is 1.30. The molecule has 5 nitrogen and oxygen atoms in total. The Balaban J connectivity index is 1.81. The summed E-state index contributed by atoms with van der Waals surface area (Å²) in [5, 5.41) is 3.74. The molecule has 0 fully saturated rings. The molecule has 0 bridgehead atoms. The summed E-state index contributed by atoms with van der Waals surface area (Å²) < 4.78 is 11.2. The molecule has 0 atom stereocenters. The number of ether oxygens (including phenoxy) is 2. The Bertz CT molecular complexity index is 618. The second-order valence-electron chi connectivity index (χ2n) is 3.86. The number of thiazole rings is 1. The number of nitrogens with zero attached hydrogens (tertiary/aromatic N) is 1. The van der Waals surface area contributed by atoms with Crippen molar-refractivity contribution in [3.05, 3.63) is 38.8 Å². The van der Waals surface area contributed by atoms with E-state index >= 15 is 0 Å². The third kappa shape index (κ3) is 4.59. The van der Waals surface area contributed by atoms with Crippen LogP contribution in [-0.4, -0.2) is 31.2 Å². The number of methoxy groups -OCH3 is 1. The molecule has 0 unspecified atom stereocenters. The van der Waals surface area contributed by atoms with E-state index in [0.29, 0.717) is 18.3 Å². The van der Waals surface area contributed by atoms with E-state index in [2.05, 4.69) is 31.0 Å². The number of halogens is 2. The molecule has 0 aliphatic rings. The monoisotopic (exact) mass is 390 g/mol. The number of anilines is 1. The Morgan fingerprint density at radius 1 is 1.43 bits per heavy atom. The van der Waals surface area contributed by atoms with Crippen molar-refractivity contribution < 1.29 is 14.3 Å². The zero-order chi connectivity index (χ0) is 15.2. The molecule has 0 saturated carbocycles. The van der Waals surface area contributed by atoms with Crippen molar-refractivity contribution in [1.82, 2.24) is 4.98 Å². The largest absolute Gasteiger partial charge is 0.492 e. The van der Waals surface area contributed by atoms with E-state index in [9.17, 15) is 4.79 Å². The first-order valence-electron chi connectivity index (χ1n) is 5.97. The van der Waals surface area contributed by atoms with Crippen LogP contribution in [0.3, 0.4) is 0 Å². The molecule has 1 aromatic heterocycles. The van der Waals surface area contributed by atoms with E-state index in [1.807, 2.05) is 24.3 Å². The lowest BCUT2D eigenvalue weighted by Crippen LogP contribution is -2.11. The molecule has 21 heavy (non-hydrogen) atoms. The SMILES string of the molecule is COC(=O)c1sc(NCCOc2ccc(Br)cc2)nc1Cl. The fourth-order valence-electron chi connectivity index (χ4n) is 1.45. The number of aromatic nitrogens is 1. The van der Waals surface area contributed by atoms with Crippen LogP contribution in [0.1, 0.15) is 9.67 Å². The maximum Gasteiger partial charge on any atom is 0.351 e. The fourth-order valence-corrected chi connectivity index (χ4v) is 2.85. The van der Waals surface area contributed by atoms with Gasteiger partial charge in [0.15, 0.2) is 15.2 Å². The standard InChI is InChI=1S/C13H12BrClN2O3S/c1-19-12(18)10-11(15)17-13(21-10)16-6-7-20-9-4-2-8(14)3-5-9/h2-5H,6-7H2,1H3,(H,16,17). The van der Waals surface area contributed by atoms with Crippen LogP contribution in [0.2, 0.25) is 5.15 Å². The van der Waals surface area contributed by atoms with Crippen LogP contribution >= 0.6 is 38.9 Å². The van der Waals surface area contributed by atoms with Gasteiger partial charge in [-0.05, 0) is 24.3 Å². The van der Waals surface area contributed by atoms with Gasteiger partial charge in [0.2, 0.25) is 0 Å². The second-order valence-corrected chi connectivity index (χ2v) is 6.13. The summed E-state index contributed by atoms with van der Waals surface area (Å²) in [5.41, 5.74) is 0. The fraction of sp³-hybridized carbons (Fsp3) is 0.231. The summed E-state index contributed by atoms with van der Waals surface area (Å²) in [6, 6.07) is 7.57. The molecule has 2 rings (SSSR count). The van der Waals surface area contributed by atoms with Gasteiger partial charge in [-0.1, -0.05) is 38.9 Å². The lowest BCUT2D eigenvalue weighted by molar-refractivity contribution is 0.0606. The summed E-state index contributed by atoms with van der Waals surface area (Å²) in [5.74, 6) is 0.295. The Labute approximate surface area is 139 Å². The van der Waals surface area contributed by atoms with Crippen molar-refractivity contribution >= 4 is 50.0 Å². The average Bonchev–Trinajstić information content (AvgIpc) is 2.85. The number of carbonyl (C=O) groups is 1. The van der Waals surface area contributed by atoms with Crippen LogP contribution in [0, 0.1) is 0 Å². The molecule has 0 radical (unpaired) electrons. The summed E-state index contributed by atoms with van der Waals surface area (Å²) in [6.45, 7) is 1.01. The molecule has 1 aromatic carbocycles. The number of hydrogen-bond donors (Lipinski definition) is 1. The van der Waals surface area contributed by atoms with Gasteiger partial charge >= 0.3 is 5.97 Å². The normalized spacial score (nSPS) is 10.2. The molecule has 112 valence electrons. The minimum absolute atomic E-state index is 0.142. The third-order valence-corrected chi connectivity index (χ3v) is 4.32. The summed E-state index contributed by atoms with van der Waals surface area (Å²) in [4.78, 5) is 15.7. The molecule has 0 amide bonds. The number of rotatable bonds is 6. The molecule has 0 saturated heterocycles. The van der Waals surface area contributed by atoms with Crippen molar-refractivity contribution in [1.29, 1.82) is 0 Å². The van der Waals surface area contributed by atoms with Gasteiger partial charge in [0, 0.05) is 4.47 Å². The first kappa shape index (κ1) is 16.1. The molecule has 0 aliphatic heterocycles. The maximum absolute atomic E-state index is 11.4. The zero-order valence-corrected chi connectivity index (χ0v) is 14.2. The average molecular weight is 392 g/mol. The van der Waals surface area contributed by atoms with Gasteiger partial charge in [0.25, 0.3) is 0 Å². The highest BCUT2D eigenvalue weighted by atomic mass is 79.9. The van der Waals surface area contributed by atoms with Crippen LogP contribution in [0.4, 0.5) is 5.13 Å².